The highest BCUT2D eigenvalue weighted by Crippen LogP contribution is 2.20. The van der Waals surface area contributed by atoms with Gasteiger partial charge in [0.2, 0.25) is 10.0 Å². The molecular formula is C12H19NO4S. The van der Waals surface area contributed by atoms with Crippen molar-refractivity contribution in [3.05, 3.63) is 23.8 Å². The van der Waals surface area contributed by atoms with Gasteiger partial charge in [-0.25, -0.2) is 13.6 Å². The van der Waals surface area contributed by atoms with Gasteiger partial charge in [-0.1, -0.05) is 0 Å². The first-order chi connectivity index (χ1) is 8.30. The lowest BCUT2D eigenvalue weighted by Crippen LogP contribution is -2.14. The summed E-state index contributed by atoms with van der Waals surface area (Å²) in [5.74, 6) is 0.604. The minimum atomic E-state index is -3.67. The number of sulfonamides is 1. The van der Waals surface area contributed by atoms with Gasteiger partial charge in [-0.05, 0) is 44.5 Å². The molecule has 0 aliphatic carbocycles. The molecule has 0 saturated carbocycles. The molecule has 1 aromatic carbocycles. The van der Waals surface area contributed by atoms with Gasteiger partial charge in [0, 0.05) is 0 Å². The van der Waals surface area contributed by atoms with Crippen molar-refractivity contribution in [1.29, 1.82) is 0 Å². The van der Waals surface area contributed by atoms with Crippen molar-refractivity contribution < 1.29 is 17.9 Å². The van der Waals surface area contributed by atoms with E-state index in [2.05, 4.69) is 0 Å². The largest absolute Gasteiger partial charge is 0.491 e. The highest BCUT2D eigenvalue weighted by Gasteiger charge is 2.11. The number of hydrogen-bond acceptors (Lipinski definition) is 4. The van der Waals surface area contributed by atoms with Crippen LogP contribution in [-0.2, 0) is 14.8 Å². The average Bonchev–Trinajstić information content (AvgIpc) is 2.22. The molecule has 1 rings (SSSR count). The monoisotopic (exact) mass is 273 g/mol. The molecule has 5 nitrogen and oxygen atoms in total. The fraction of sp³-hybridized carbons (Fsp3) is 0.500. The molecule has 0 unspecified atom stereocenters. The van der Waals surface area contributed by atoms with Crippen molar-refractivity contribution >= 4 is 10.0 Å². The summed E-state index contributed by atoms with van der Waals surface area (Å²) < 4.78 is 33.2. The van der Waals surface area contributed by atoms with Crippen LogP contribution in [0.5, 0.6) is 5.75 Å². The standard InChI is InChI=1S/C12H19NO4S/c1-9(2)16-6-7-17-11-4-5-12(10(3)8-11)18(13,14)15/h4-5,8-9H,6-7H2,1-3H3,(H2,13,14,15). The van der Waals surface area contributed by atoms with Crippen LogP contribution in [0.25, 0.3) is 0 Å². The second kappa shape index (κ2) is 6.17. The van der Waals surface area contributed by atoms with Crippen LogP contribution in [0.15, 0.2) is 23.1 Å². The number of rotatable bonds is 6. The fourth-order valence-electron chi connectivity index (χ4n) is 1.47. The van der Waals surface area contributed by atoms with Crippen LogP contribution < -0.4 is 9.88 Å². The number of nitrogens with two attached hydrogens (primary N) is 1. The smallest absolute Gasteiger partial charge is 0.238 e. The molecule has 2 N–H and O–H groups in total. The Labute approximate surface area is 108 Å². The topological polar surface area (TPSA) is 78.6 Å². The highest BCUT2D eigenvalue weighted by molar-refractivity contribution is 7.89. The lowest BCUT2D eigenvalue weighted by molar-refractivity contribution is 0.0552. The van der Waals surface area contributed by atoms with E-state index in [9.17, 15) is 8.42 Å². The van der Waals surface area contributed by atoms with Gasteiger partial charge in [-0.3, -0.25) is 0 Å². The number of primary sulfonamides is 1. The molecule has 0 saturated heterocycles. The van der Waals surface area contributed by atoms with E-state index in [1.54, 1.807) is 19.1 Å². The van der Waals surface area contributed by atoms with Gasteiger partial charge in [-0.2, -0.15) is 0 Å². The first-order valence-electron chi connectivity index (χ1n) is 5.68. The summed E-state index contributed by atoms with van der Waals surface area (Å²) in [4.78, 5) is 0.119. The molecule has 0 heterocycles. The Morgan fingerprint density at radius 2 is 1.94 bits per heavy atom. The zero-order valence-corrected chi connectivity index (χ0v) is 11.7. The van der Waals surface area contributed by atoms with Crippen LogP contribution in [0, 0.1) is 6.92 Å². The average molecular weight is 273 g/mol. The van der Waals surface area contributed by atoms with Gasteiger partial charge in [0.05, 0.1) is 17.6 Å². The van der Waals surface area contributed by atoms with Crippen molar-refractivity contribution in [3.63, 3.8) is 0 Å². The number of ether oxygens (including phenoxy) is 2. The van der Waals surface area contributed by atoms with E-state index in [0.717, 1.165) is 0 Å². The molecule has 1 aromatic rings. The molecule has 0 fully saturated rings. The lowest BCUT2D eigenvalue weighted by Gasteiger charge is -2.10. The summed E-state index contributed by atoms with van der Waals surface area (Å²) in [6, 6.07) is 4.68. The van der Waals surface area contributed by atoms with Crippen LogP contribution >= 0.6 is 0 Å². The number of hydrogen-bond donors (Lipinski definition) is 1. The van der Waals surface area contributed by atoms with E-state index in [1.807, 2.05) is 13.8 Å². The van der Waals surface area contributed by atoms with Crippen molar-refractivity contribution in [2.45, 2.75) is 31.8 Å². The predicted octanol–water partition coefficient (Wildman–Crippen LogP) is 1.45. The Balaban J connectivity index is 2.63. The zero-order chi connectivity index (χ0) is 13.8. The summed E-state index contributed by atoms with van der Waals surface area (Å²) in [6.07, 6.45) is 0.167. The molecule has 6 heteroatoms. The third kappa shape index (κ3) is 4.64. The zero-order valence-electron chi connectivity index (χ0n) is 10.8. The van der Waals surface area contributed by atoms with Crippen molar-refractivity contribution in [3.8, 4) is 5.75 Å². The second-order valence-electron chi connectivity index (χ2n) is 4.24. The van der Waals surface area contributed by atoms with Gasteiger partial charge in [-0.15, -0.1) is 0 Å². The molecule has 0 aliphatic rings. The summed E-state index contributed by atoms with van der Waals surface area (Å²) in [5, 5.41) is 5.07. The predicted molar refractivity (Wildman–Crippen MR) is 69.1 cm³/mol. The molecule has 102 valence electrons. The lowest BCUT2D eigenvalue weighted by atomic mass is 10.2. The normalized spacial score (nSPS) is 11.8. The van der Waals surface area contributed by atoms with Gasteiger partial charge in [0.1, 0.15) is 12.4 Å². The van der Waals surface area contributed by atoms with Crippen LogP contribution in [0.4, 0.5) is 0 Å². The highest BCUT2D eigenvalue weighted by atomic mass is 32.2. The summed E-state index contributed by atoms with van der Waals surface area (Å²) in [7, 11) is -3.67. The van der Waals surface area contributed by atoms with Gasteiger partial charge >= 0.3 is 0 Å². The SMILES string of the molecule is Cc1cc(OCCOC(C)C)ccc1S(N)(=O)=O. The molecule has 0 aromatic heterocycles. The maximum Gasteiger partial charge on any atom is 0.238 e. The van der Waals surface area contributed by atoms with Gasteiger partial charge in [0.25, 0.3) is 0 Å². The Hall–Kier alpha value is -1.11. The van der Waals surface area contributed by atoms with Gasteiger partial charge < -0.3 is 9.47 Å². The van der Waals surface area contributed by atoms with Crippen LogP contribution in [-0.4, -0.2) is 27.7 Å². The Kier molecular flexibility index (Phi) is 5.13. The van der Waals surface area contributed by atoms with Crippen molar-refractivity contribution in [2.24, 2.45) is 5.14 Å². The Morgan fingerprint density at radius 1 is 1.28 bits per heavy atom. The summed E-state index contributed by atoms with van der Waals surface area (Å²) >= 11 is 0. The second-order valence-corrected chi connectivity index (χ2v) is 5.77. The Bertz CT molecular complexity index is 497. The quantitative estimate of drug-likeness (QED) is 0.796. The maximum atomic E-state index is 11.2. The van der Waals surface area contributed by atoms with E-state index >= 15 is 0 Å². The molecular weight excluding hydrogens is 254 g/mol. The maximum absolute atomic E-state index is 11.2. The molecule has 0 atom stereocenters. The summed E-state index contributed by atoms with van der Waals surface area (Å²) in [6.45, 7) is 6.49. The van der Waals surface area contributed by atoms with Crippen LogP contribution in [0.1, 0.15) is 19.4 Å². The van der Waals surface area contributed by atoms with Crippen molar-refractivity contribution in [1.82, 2.24) is 0 Å². The number of benzene rings is 1. The third-order valence-corrected chi connectivity index (χ3v) is 3.33. The molecule has 0 spiro atoms. The van der Waals surface area contributed by atoms with Crippen LogP contribution in [0.2, 0.25) is 0 Å². The Morgan fingerprint density at radius 3 is 2.44 bits per heavy atom. The van der Waals surface area contributed by atoms with E-state index < -0.39 is 10.0 Å². The van der Waals surface area contributed by atoms with E-state index in [4.69, 9.17) is 14.6 Å². The van der Waals surface area contributed by atoms with E-state index in [-0.39, 0.29) is 11.0 Å². The molecule has 0 amide bonds. The summed E-state index contributed by atoms with van der Waals surface area (Å²) in [5.41, 5.74) is 0.569. The van der Waals surface area contributed by atoms with Crippen molar-refractivity contribution in [2.75, 3.05) is 13.2 Å². The first-order valence-corrected chi connectivity index (χ1v) is 7.23. The molecule has 0 radical (unpaired) electrons. The van der Waals surface area contributed by atoms with Crippen LogP contribution in [0.3, 0.4) is 0 Å². The molecule has 18 heavy (non-hydrogen) atoms. The fourth-order valence-corrected chi connectivity index (χ4v) is 2.24. The minimum Gasteiger partial charge on any atom is -0.491 e. The van der Waals surface area contributed by atoms with E-state index in [1.165, 1.54) is 6.07 Å². The first kappa shape index (κ1) is 14.9. The number of aryl methyl sites for hydroxylation is 1. The third-order valence-electron chi connectivity index (χ3n) is 2.26. The minimum absolute atomic E-state index is 0.119. The van der Waals surface area contributed by atoms with E-state index in [0.29, 0.717) is 24.5 Å². The van der Waals surface area contributed by atoms with Gasteiger partial charge in [0.15, 0.2) is 0 Å². The molecule has 0 aliphatic heterocycles. The molecule has 0 bridgehead atoms.